The first-order valence-electron chi connectivity index (χ1n) is 7.88. The third-order valence-corrected chi connectivity index (χ3v) is 5.17. The van der Waals surface area contributed by atoms with Crippen molar-refractivity contribution in [3.63, 3.8) is 0 Å². The molecule has 1 aromatic heterocycles. The molecule has 0 spiro atoms. The van der Waals surface area contributed by atoms with Gasteiger partial charge in [0.05, 0.1) is 31.1 Å². The number of hydrogen-bond donors (Lipinski definition) is 2. The van der Waals surface area contributed by atoms with Crippen LogP contribution in [-0.2, 0) is 11.3 Å². The zero-order valence-corrected chi connectivity index (χ0v) is 13.3. The third kappa shape index (κ3) is 2.26. The fraction of sp³-hybridized carbons (Fsp3) is 0.562. The van der Waals surface area contributed by atoms with Gasteiger partial charge in [0.1, 0.15) is 5.69 Å². The van der Waals surface area contributed by atoms with Gasteiger partial charge in [-0.2, -0.15) is 0 Å². The number of carbonyl (C=O) groups is 2. The summed E-state index contributed by atoms with van der Waals surface area (Å²) < 4.78 is 5.57. The van der Waals surface area contributed by atoms with E-state index in [2.05, 4.69) is 29.5 Å². The number of amides is 3. The van der Waals surface area contributed by atoms with Gasteiger partial charge in [-0.1, -0.05) is 13.8 Å². The second-order valence-electron chi connectivity index (χ2n) is 7.17. The van der Waals surface area contributed by atoms with Gasteiger partial charge in [-0.05, 0) is 11.5 Å². The maximum atomic E-state index is 12.7. The Morgan fingerprint density at radius 3 is 3.13 bits per heavy atom. The lowest BCUT2D eigenvalue weighted by Gasteiger charge is -2.24. The van der Waals surface area contributed by atoms with Gasteiger partial charge < -0.3 is 20.3 Å². The minimum absolute atomic E-state index is 0.0605. The molecule has 2 fully saturated rings. The van der Waals surface area contributed by atoms with Crippen LogP contribution in [0.25, 0.3) is 0 Å². The Balaban J connectivity index is 1.51. The molecule has 0 bridgehead atoms. The molecule has 2 saturated heterocycles. The highest BCUT2D eigenvalue weighted by Crippen LogP contribution is 2.43. The molecule has 122 valence electrons. The zero-order valence-electron chi connectivity index (χ0n) is 13.3. The van der Waals surface area contributed by atoms with Crippen LogP contribution in [0.2, 0.25) is 0 Å². The van der Waals surface area contributed by atoms with Crippen LogP contribution in [-0.4, -0.2) is 47.6 Å². The van der Waals surface area contributed by atoms with Crippen LogP contribution in [0.15, 0.2) is 12.3 Å². The van der Waals surface area contributed by atoms with Crippen LogP contribution in [0.1, 0.15) is 29.9 Å². The fourth-order valence-electron chi connectivity index (χ4n) is 3.86. The van der Waals surface area contributed by atoms with Gasteiger partial charge >= 0.3 is 6.03 Å². The van der Waals surface area contributed by atoms with E-state index in [1.165, 1.54) is 6.20 Å². The molecule has 0 radical (unpaired) electrons. The summed E-state index contributed by atoms with van der Waals surface area (Å²) in [5.74, 6) is 0.221. The Morgan fingerprint density at radius 1 is 1.48 bits per heavy atom. The molecule has 3 aliphatic rings. The van der Waals surface area contributed by atoms with Crippen LogP contribution in [0.4, 0.5) is 10.5 Å². The average Bonchev–Trinajstić information content (AvgIpc) is 3.17. The Bertz CT molecular complexity index is 688. The smallest absolute Gasteiger partial charge is 0.322 e. The minimum Gasteiger partial charge on any atom is -0.379 e. The number of rotatable bonds is 1. The SMILES string of the molecule is CC1(C)CN(C(=O)Nc2cnc3c(c2)CNC3=O)[C@@H]2COC[C@@H]21. The Labute approximate surface area is 134 Å². The molecular formula is C16H20N4O3. The molecule has 1 aromatic rings. The lowest BCUT2D eigenvalue weighted by molar-refractivity contribution is 0.0961. The molecule has 2 atom stereocenters. The maximum absolute atomic E-state index is 12.7. The monoisotopic (exact) mass is 316 g/mol. The number of nitrogens with zero attached hydrogens (tertiary/aromatic N) is 2. The number of fused-ring (bicyclic) bond motifs is 2. The Morgan fingerprint density at radius 2 is 2.30 bits per heavy atom. The van der Waals surface area contributed by atoms with E-state index in [0.29, 0.717) is 30.5 Å². The van der Waals surface area contributed by atoms with E-state index < -0.39 is 0 Å². The van der Waals surface area contributed by atoms with E-state index >= 15 is 0 Å². The first-order valence-corrected chi connectivity index (χ1v) is 7.88. The van der Waals surface area contributed by atoms with Crippen molar-refractivity contribution >= 4 is 17.6 Å². The van der Waals surface area contributed by atoms with Crippen LogP contribution >= 0.6 is 0 Å². The van der Waals surface area contributed by atoms with Gasteiger partial charge in [0.15, 0.2) is 0 Å². The van der Waals surface area contributed by atoms with E-state index in [0.717, 1.165) is 18.7 Å². The number of nitrogens with one attached hydrogen (secondary N) is 2. The van der Waals surface area contributed by atoms with Crippen molar-refractivity contribution in [2.75, 3.05) is 25.1 Å². The summed E-state index contributed by atoms with van der Waals surface area (Å²) in [7, 11) is 0. The first-order chi connectivity index (χ1) is 11.0. The Hall–Kier alpha value is -2.15. The quantitative estimate of drug-likeness (QED) is 0.816. The summed E-state index contributed by atoms with van der Waals surface area (Å²) in [5.41, 5.74) is 1.93. The number of urea groups is 1. The van der Waals surface area contributed by atoms with E-state index in [9.17, 15) is 9.59 Å². The average molecular weight is 316 g/mol. The van der Waals surface area contributed by atoms with Crippen molar-refractivity contribution in [2.45, 2.75) is 26.4 Å². The summed E-state index contributed by atoms with van der Waals surface area (Å²) in [6, 6.07) is 1.81. The summed E-state index contributed by atoms with van der Waals surface area (Å²) in [5, 5.41) is 5.63. The van der Waals surface area contributed by atoms with Crippen molar-refractivity contribution in [1.29, 1.82) is 0 Å². The topological polar surface area (TPSA) is 83.6 Å². The molecule has 23 heavy (non-hydrogen) atoms. The number of anilines is 1. The van der Waals surface area contributed by atoms with Crippen LogP contribution in [0.5, 0.6) is 0 Å². The van der Waals surface area contributed by atoms with Crippen molar-refractivity contribution < 1.29 is 14.3 Å². The predicted molar refractivity (Wildman–Crippen MR) is 83.0 cm³/mol. The number of pyridine rings is 1. The number of ether oxygens (including phenoxy) is 1. The molecule has 0 unspecified atom stereocenters. The standard InChI is InChI=1S/C16H20N4O3/c1-16(2)8-20(12-7-23-6-11(12)16)15(22)19-10-3-9-4-18-14(21)13(9)17-5-10/h3,5,11-12H,4,6-8H2,1-2H3,(H,18,21)(H,19,22)/t11-,12+/m0/s1. The second-order valence-corrected chi connectivity index (χ2v) is 7.17. The highest BCUT2D eigenvalue weighted by atomic mass is 16.5. The molecule has 3 aliphatic heterocycles. The van der Waals surface area contributed by atoms with E-state index in [1.54, 1.807) is 0 Å². The molecule has 4 heterocycles. The van der Waals surface area contributed by atoms with Crippen LogP contribution in [0, 0.1) is 11.3 Å². The van der Waals surface area contributed by atoms with E-state index in [-0.39, 0.29) is 23.4 Å². The summed E-state index contributed by atoms with van der Waals surface area (Å²) in [6.45, 7) is 6.86. The van der Waals surface area contributed by atoms with Crippen LogP contribution in [0.3, 0.4) is 0 Å². The number of aromatic nitrogens is 1. The molecular weight excluding hydrogens is 296 g/mol. The second kappa shape index (κ2) is 4.92. The maximum Gasteiger partial charge on any atom is 0.322 e. The van der Waals surface area contributed by atoms with Crippen molar-refractivity contribution in [3.8, 4) is 0 Å². The van der Waals surface area contributed by atoms with Crippen LogP contribution < -0.4 is 10.6 Å². The predicted octanol–water partition coefficient (Wildman–Crippen LogP) is 1.21. The van der Waals surface area contributed by atoms with Gasteiger partial charge in [0.2, 0.25) is 0 Å². The van der Waals surface area contributed by atoms with Crippen molar-refractivity contribution in [3.05, 3.63) is 23.5 Å². The van der Waals surface area contributed by atoms with Crippen molar-refractivity contribution in [2.24, 2.45) is 11.3 Å². The first kappa shape index (κ1) is 14.4. The fourth-order valence-corrected chi connectivity index (χ4v) is 3.86. The molecule has 4 rings (SSSR count). The highest BCUT2D eigenvalue weighted by molar-refractivity contribution is 5.97. The molecule has 0 aliphatic carbocycles. The van der Waals surface area contributed by atoms with Gasteiger partial charge in [-0.15, -0.1) is 0 Å². The summed E-state index contributed by atoms with van der Waals surface area (Å²) in [4.78, 5) is 30.2. The summed E-state index contributed by atoms with van der Waals surface area (Å²) >= 11 is 0. The number of likely N-dealkylation sites (tertiary alicyclic amines) is 1. The number of hydrogen-bond acceptors (Lipinski definition) is 4. The molecule has 7 nitrogen and oxygen atoms in total. The van der Waals surface area contributed by atoms with Gasteiger partial charge in [-0.25, -0.2) is 9.78 Å². The molecule has 2 N–H and O–H groups in total. The minimum atomic E-state index is -0.162. The lowest BCUT2D eigenvalue weighted by atomic mass is 9.80. The normalized spacial score (nSPS) is 27.6. The zero-order chi connectivity index (χ0) is 16.2. The van der Waals surface area contributed by atoms with Crippen molar-refractivity contribution in [1.82, 2.24) is 15.2 Å². The lowest BCUT2D eigenvalue weighted by Crippen LogP contribution is -2.41. The Kier molecular flexibility index (Phi) is 3.09. The molecule has 0 saturated carbocycles. The molecule has 0 aromatic carbocycles. The van der Waals surface area contributed by atoms with Gasteiger partial charge in [0, 0.05) is 24.6 Å². The van der Waals surface area contributed by atoms with E-state index in [1.807, 2.05) is 11.0 Å². The number of carbonyl (C=O) groups excluding carboxylic acids is 2. The van der Waals surface area contributed by atoms with E-state index in [4.69, 9.17) is 4.74 Å². The molecule has 3 amide bonds. The largest absolute Gasteiger partial charge is 0.379 e. The summed E-state index contributed by atoms with van der Waals surface area (Å²) in [6.07, 6.45) is 1.53. The van der Waals surface area contributed by atoms with Gasteiger partial charge in [-0.3, -0.25) is 4.79 Å². The highest BCUT2D eigenvalue weighted by Gasteiger charge is 2.51. The molecule has 7 heteroatoms. The third-order valence-electron chi connectivity index (χ3n) is 5.17. The van der Waals surface area contributed by atoms with Gasteiger partial charge in [0.25, 0.3) is 5.91 Å².